The third kappa shape index (κ3) is 4.82. The summed E-state index contributed by atoms with van der Waals surface area (Å²) in [6.07, 6.45) is 0. The van der Waals surface area contributed by atoms with Crippen molar-refractivity contribution in [2.75, 3.05) is 9.80 Å². The van der Waals surface area contributed by atoms with Crippen LogP contribution in [0.5, 0.6) is 0 Å². The van der Waals surface area contributed by atoms with Gasteiger partial charge in [0.1, 0.15) is 11.1 Å². The van der Waals surface area contributed by atoms with Gasteiger partial charge in [-0.1, -0.05) is 72.8 Å². The largest absolute Gasteiger partial charge is 0.277 e. The van der Waals surface area contributed by atoms with Crippen LogP contribution in [0.25, 0.3) is 0 Å². The van der Waals surface area contributed by atoms with Gasteiger partial charge in [0.25, 0.3) is 11.8 Å². The van der Waals surface area contributed by atoms with Crippen LogP contribution in [0.2, 0.25) is 0 Å². The van der Waals surface area contributed by atoms with Crippen molar-refractivity contribution in [2.45, 2.75) is 0 Å². The number of hydrogen-bond acceptors (Lipinski definition) is 2. The number of hydrogen-bond donors (Lipinski definition) is 0. The summed E-state index contributed by atoms with van der Waals surface area (Å²) >= 11 is 0. The van der Waals surface area contributed by atoms with Gasteiger partial charge in [0, 0.05) is 22.7 Å². The summed E-state index contributed by atoms with van der Waals surface area (Å²) in [4.78, 5) is 29.5. The molecule has 0 aliphatic heterocycles. The maximum absolute atomic E-state index is 16.1. The van der Waals surface area contributed by atoms with Crippen LogP contribution in [-0.2, 0) is 0 Å². The molecule has 5 aromatic carbocycles. The normalized spacial score (nSPS) is 10.7. The second-order valence-corrected chi connectivity index (χ2v) is 8.63. The molecule has 0 fully saturated rings. The number of nitrogens with zero attached hydrogens (tertiary/aromatic N) is 2. The minimum atomic E-state index is -2.14. The Morgan fingerprint density at radius 2 is 0.625 bits per heavy atom. The van der Waals surface area contributed by atoms with Gasteiger partial charge in [0.05, 0.1) is 0 Å². The number of carbonyl (C=O) groups is 2. The van der Waals surface area contributed by atoms with E-state index in [4.69, 9.17) is 0 Å². The lowest BCUT2D eigenvalue weighted by molar-refractivity contribution is 0.0984. The monoisotopic (exact) mass is 540 g/mol. The Kier molecular flexibility index (Phi) is 7.41. The molecule has 40 heavy (non-hydrogen) atoms. The molecule has 0 saturated heterocycles. The van der Waals surface area contributed by atoms with Gasteiger partial charge in [-0.3, -0.25) is 19.4 Å². The van der Waals surface area contributed by atoms with E-state index in [1.807, 2.05) is 0 Å². The van der Waals surface area contributed by atoms with Crippen molar-refractivity contribution in [1.82, 2.24) is 0 Å². The lowest BCUT2D eigenvalue weighted by Gasteiger charge is -2.26. The summed E-state index contributed by atoms with van der Waals surface area (Å²) in [5, 5.41) is 0. The SMILES string of the molecule is O=C(c1c(F)c(F)c(F)c(C(=O)N(c2ccccc2)c2ccccc2)c1F)N(c1ccccc1)c1ccccc1. The van der Waals surface area contributed by atoms with Crippen LogP contribution < -0.4 is 9.80 Å². The molecule has 0 saturated carbocycles. The number of anilines is 4. The first-order valence-electron chi connectivity index (χ1n) is 12.1. The number of halogens is 4. The van der Waals surface area contributed by atoms with E-state index < -0.39 is 46.2 Å². The minimum absolute atomic E-state index is 0.213. The fraction of sp³-hybridized carbons (Fsp3) is 0. The van der Waals surface area contributed by atoms with Crippen molar-refractivity contribution in [3.05, 3.63) is 156 Å². The van der Waals surface area contributed by atoms with E-state index in [1.165, 1.54) is 48.5 Å². The van der Waals surface area contributed by atoms with Gasteiger partial charge in [-0.2, -0.15) is 0 Å². The molecule has 0 aliphatic rings. The van der Waals surface area contributed by atoms with E-state index in [2.05, 4.69) is 0 Å². The number of benzene rings is 5. The maximum Gasteiger partial charge on any atom is 0.268 e. The first-order chi connectivity index (χ1) is 19.4. The fourth-order valence-corrected chi connectivity index (χ4v) is 4.31. The number of amides is 2. The van der Waals surface area contributed by atoms with Crippen molar-refractivity contribution in [3.63, 3.8) is 0 Å². The second kappa shape index (κ2) is 11.2. The Hall–Kier alpha value is -5.24. The lowest BCUT2D eigenvalue weighted by Crippen LogP contribution is -2.32. The van der Waals surface area contributed by atoms with E-state index in [0.29, 0.717) is 0 Å². The summed E-state index contributed by atoms with van der Waals surface area (Å²) in [5.74, 6) is -10.7. The highest BCUT2D eigenvalue weighted by Gasteiger charge is 2.37. The molecule has 198 valence electrons. The lowest BCUT2D eigenvalue weighted by atomic mass is 10.0. The van der Waals surface area contributed by atoms with Crippen LogP contribution in [0.1, 0.15) is 20.7 Å². The van der Waals surface area contributed by atoms with Crippen LogP contribution in [0.15, 0.2) is 121 Å². The molecular weight excluding hydrogens is 520 g/mol. The molecule has 0 heterocycles. The van der Waals surface area contributed by atoms with Gasteiger partial charge in [-0.25, -0.2) is 17.6 Å². The zero-order chi connectivity index (χ0) is 28.2. The zero-order valence-corrected chi connectivity index (χ0v) is 20.8. The zero-order valence-electron chi connectivity index (χ0n) is 20.8. The van der Waals surface area contributed by atoms with Crippen molar-refractivity contribution >= 4 is 34.6 Å². The molecule has 0 unspecified atom stereocenters. The van der Waals surface area contributed by atoms with Gasteiger partial charge in [-0.15, -0.1) is 0 Å². The molecule has 5 rings (SSSR count). The molecule has 5 aromatic rings. The van der Waals surface area contributed by atoms with Crippen molar-refractivity contribution in [3.8, 4) is 0 Å². The quantitative estimate of drug-likeness (QED) is 0.124. The van der Waals surface area contributed by atoms with E-state index in [9.17, 15) is 9.59 Å². The molecule has 4 nitrogen and oxygen atoms in total. The van der Waals surface area contributed by atoms with Gasteiger partial charge in [-0.05, 0) is 48.5 Å². The third-order valence-corrected chi connectivity index (χ3v) is 6.15. The molecule has 0 aliphatic carbocycles. The summed E-state index contributed by atoms with van der Waals surface area (Å²) < 4.78 is 61.6. The van der Waals surface area contributed by atoms with Gasteiger partial charge >= 0.3 is 0 Å². The first-order valence-corrected chi connectivity index (χ1v) is 12.1. The maximum atomic E-state index is 16.1. The second-order valence-electron chi connectivity index (χ2n) is 8.63. The van der Waals surface area contributed by atoms with E-state index in [-0.39, 0.29) is 22.7 Å². The Balaban J connectivity index is 1.71. The van der Waals surface area contributed by atoms with E-state index >= 15 is 17.6 Å². The summed E-state index contributed by atoms with van der Waals surface area (Å²) in [6, 6.07) is 31.6. The van der Waals surface area contributed by atoms with Gasteiger partial charge < -0.3 is 0 Å². The molecule has 2 amide bonds. The average molecular weight is 541 g/mol. The van der Waals surface area contributed by atoms with Crippen LogP contribution in [0.4, 0.5) is 40.3 Å². The molecule has 0 aromatic heterocycles. The summed E-state index contributed by atoms with van der Waals surface area (Å²) in [7, 11) is 0. The fourth-order valence-electron chi connectivity index (χ4n) is 4.31. The van der Waals surface area contributed by atoms with Crippen molar-refractivity contribution < 1.29 is 27.2 Å². The van der Waals surface area contributed by atoms with E-state index in [0.717, 1.165) is 9.80 Å². The topological polar surface area (TPSA) is 40.6 Å². The third-order valence-electron chi connectivity index (χ3n) is 6.15. The van der Waals surface area contributed by atoms with Crippen molar-refractivity contribution in [1.29, 1.82) is 0 Å². The molecule has 0 N–H and O–H groups in total. The molecule has 0 radical (unpaired) electrons. The van der Waals surface area contributed by atoms with Crippen molar-refractivity contribution in [2.24, 2.45) is 0 Å². The predicted molar refractivity (Wildman–Crippen MR) is 145 cm³/mol. The number of carbonyl (C=O) groups excluding carboxylic acids is 2. The predicted octanol–water partition coefficient (Wildman–Crippen LogP) is 8.20. The first kappa shape index (κ1) is 26.4. The molecule has 0 bridgehead atoms. The summed E-state index contributed by atoms with van der Waals surface area (Å²) in [6.45, 7) is 0. The van der Waals surface area contributed by atoms with Crippen LogP contribution in [0, 0.1) is 23.3 Å². The number of para-hydroxylation sites is 4. The van der Waals surface area contributed by atoms with Gasteiger partial charge in [0.15, 0.2) is 23.3 Å². The molecule has 0 spiro atoms. The Morgan fingerprint density at radius 1 is 0.375 bits per heavy atom. The van der Waals surface area contributed by atoms with E-state index in [1.54, 1.807) is 72.8 Å². The minimum Gasteiger partial charge on any atom is -0.277 e. The number of rotatable bonds is 6. The Bertz CT molecular complexity index is 1460. The molecule has 0 atom stereocenters. The smallest absolute Gasteiger partial charge is 0.268 e. The highest BCUT2D eigenvalue weighted by atomic mass is 19.2. The van der Waals surface area contributed by atoms with Crippen LogP contribution in [0.3, 0.4) is 0 Å². The highest BCUT2D eigenvalue weighted by Crippen LogP contribution is 2.34. The summed E-state index contributed by atoms with van der Waals surface area (Å²) in [5.41, 5.74) is -1.96. The Labute approximate surface area is 227 Å². The molecular formula is C32H20F4N2O2. The van der Waals surface area contributed by atoms with Gasteiger partial charge in [0.2, 0.25) is 0 Å². The Morgan fingerprint density at radius 3 is 0.875 bits per heavy atom. The standard InChI is InChI=1S/C32H20F4N2O2/c33-27-25(31(39)37(21-13-5-1-6-14-21)22-15-7-2-8-16-22)28(34)30(36)29(35)26(27)32(40)38(23-17-9-3-10-18-23)24-19-11-4-12-20-24/h1-20H. The van der Waals surface area contributed by atoms with Crippen LogP contribution >= 0.6 is 0 Å². The highest BCUT2D eigenvalue weighted by molar-refractivity contribution is 6.15. The van der Waals surface area contributed by atoms with Crippen LogP contribution in [-0.4, -0.2) is 11.8 Å². The average Bonchev–Trinajstić information content (AvgIpc) is 2.99. The molecule has 8 heteroatoms.